The van der Waals surface area contributed by atoms with Crippen molar-refractivity contribution in [2.45, 2.75) is 18.7 Å². The van der Waals surface area contributed by atoms with Crippen molar-refractivity contribution >= 4 is 35.4 Å². The first kappa shape index (κ1) is 15.9. The molecule has 0 unspecified atom stereocenters. The molecule has 0 fully saturated rings. The van der Waals surface area contributed by atoms with Crippen LogP contribution in [-0.4, -0.2) is 33.2 Å². The zero-order valence-electron chi connectivity index (χ0n) is 13.1. The lowest BCUT2D eigenvalue weighted by Gasteiger charge is -2.12. The van der Waals surface area contributed by atoms with E-state index in [2.05, 4.69) is 17.1 Å². The van der Waals surface area contributed by atoms with Crippen molar-refractivity contribution in [3.8, 4) is 5.75 Å². The normalized spacial score (nSPS) is 11.0. The smallest absolute Gasteiger partial charge is 0.490 e. The Morgan fingerprint density at radius 1 is 1.17 bits per heavy atom. The van der Waals surface area contributed by atoms with Gasteiger partial charge in [0.05, 0.1) is 18.8 Å². The van der Waals surface area contributed by atoms with Crippen molar-refractivity contribution in [3.05, 3.63) is 47.9 Å². The van der Waals surface area contributed by atoms with Gasteiger partial charge in [0.15, 0.2) is 0 Å². The van der Waals surface area contributed by atoms with Crippen LogP contribution in [0.2, 0.25) is 0 Å². The summed E-state index contributed by atoms with van der Waals surface area (Å²) in [4.78, 5) is 5.17. The van der Waals surface area contributed by atoms with Gasteiger partial charge in [-0.05, 0) is 55.1 Å². The van der Waals surface area contributed by atoms with E-state index >= 15 is 0 Å². The van der Waals surface area contributed by atoms with Gasteiger partial charge in [-0.25, -0.2) is 0 Å². The summed E-state index contributed by atoms with van der Waals surface area (Å²) in [5.41, 5.74) is 3.41. The Labute approximate surface area is 139 Å². The SMILES string of the molecule is COc1c(C)cc(Sn2ccc3c(B(O)O)cncc32)cc1C. The Kier molecular flexibility index (Phi) is 4.34. The molecule has 7 heteroatoms. The molecule has 0 spiro atoms. The van der Waals surface area contributed by atoms with Crippen LogP contribution in [-0.2, 0) is 0 Å². The fourth-order valence-corrected chi connectivity index (χ4v) is 3.79. The third-order valence-electron chi connectivity index (χ3n) is 3.73. The van der Waals surface area contributed by atoms with E-state index in [0.717, 1.165) is 32.7 Å². The van der Waals surface area contributed by atoms with Gasteiger partial charge >= 0.3 is 7.12 Å². The quantitative estimate of drug-likeness (QED) is 0.716. The van der Waals surface area contributed by atoms with E-state index in [1.165, 1.54) is 6.20 Å². The molecule has 2 N–H and O–H groups in total. The molecule has 3 aromatic rings. The molecule has 2 aromatic heterocycles. The number of fused-ring (bicyclic) bond motifs is 1. The molecule has 0 aliphatic rings. The minimum Gasteiger partial charge on any atom is -0.496 e. The molecule has 23 heavy (non-hydrogen) atoms. The Morgan fingerprint density at radius 2 is 1.87 bits per heavy atom. The van der Waals surface area contributed by atoms with Gasteiger partial charge < -0.3 is 14.8 Å². The largest absolute Gasteiger partial charge is 0.496 e. The van der Waals surface area contributed by atoms with E-state index in [0.29, 0.717) is 5.46 Å². The molecule has 1 aromatic carbocycles. The predicted molar refractivity (Wildman–Crippen MR) is 93.3 cm³/mol. The first-order chi connectivity index (χ1) is 11.0. The maximum absolute atomic E-state index is 9.44. The van der Waals surface area contributed by atoms with Gasteiger partial charge in [-0.15, -0.1) is 0 Å². The van der Waals surface area contributed by atoms with E-state index in [4.69, 9.17) is 4.74 Å². The van der Waals surface area contributed by atoms with E-state index in [-0.39, 0.29) is 0 Å². The molecule has 0 aliphatic heterocycles. The fraction of sp³-hybridized carbons (Fsp3) is 0.188. The highest BCUT2D eigenvalue weighted by molar-refractivity contribution is 7.98. The maximum Gasteiger partial charge on any atom is 0.490 e. The third-order valence-corrected chi connectivity index (χ3v) is 4.69. The summed E-state index contributed by atoms with van der Waals surface area (Å²) in [5.74, 6) is 0.902. The van der Waals surface area contributed by atoms with Gasteiger partial charge in [-0.1, -0.05) is 0 Å². The molecule has 3 rings (SSSR count). The van der Waals surface area contributed by atoms with Crippen molar-refractivity contribution in [1.29, 1.82) is 0 Å². The van der Waals surface area contributed by atoms with Crippen LogP contribution in [0.1, 0.15) is 11.1 Å². The highest BCUT2D eigenvalue weighted by Crippen LogP contribution is 2.31. The topological polar surface area (TPSA) is 67.5 Å². The van der Waals surface area contributed by atoms with Crippen molar-refractivity contribution < 1.29 is 14.8 Å². The maximum atomic E-state index is 9.44. The number of hydrogen-bond donors (Lipinski definition) is 2. The van der Waals surface area contributed by atoms with Crippen LogP contribution in [0.5, 0.6) is 5.75 Å². The number of aromatic nitrogens is 2. The molecule has 0 aliphatic carbocycles. The average Bonchev–Trinajstić information content (AvgIpc) is 2.90. The summed E-state index contributed by atoms with van der Waals surface area (Å²) in [6, 6.07) is 6.00. The molecule has 118 valence electrons. The molecule has 0 saturated heterocycles. The number of ether oxygens (including phenoxy) is 1. The second kappa shape index (κ2) is 6.27. The third kappa shape index (κ3) is 2.95. The predicted octanol–water partition coefficient (Wildman–Crippen LogP) is 1.90. The number of benzene rings is 1. The molecule has 0 atom stereocenters. The lowest BCUT2D eigenvalue weighted by Crippen LogP contribution is -2.30. The van der Waals surface area contributed by atoms with Gasteiger partial charge in [-0.3, -0.25) is 8.96 Å². The van der Waals surface area contributed by atoms with Gasteiger partial charge in [-0.2, -0.15) is 0 Å². The molecule has 2 heterocycles. The Bertz CT molecular complexity index is 841. The van der Waals surface area contributed by atoms with Crippen LogP contribution in [0.3, 0.4) is 0 Å². The minimum atomic E-state index is -1.53. The number of pyridine rings is 1. The van der Waals surface area contributed by atoms with Crippen LogP contribution < -0.4 is 10.2 Å². The van der Waals surface area contributed by atoms with Crippen LogP contribution >= 0.6 is 11.9 Å². The number of nitrogens with zero attached hydrogens (tertiary/aromatic N) is 2. The lowest BCUT2D eigenvalue weighted by molar-refractivity contribution is 0.408. The molecule has 0 amide bonds. The van der Waals surface area contributed by atoms with Crippen LogP contribution in [0, 0.1) is 13.8 Å². The van der Waals surface area contributed by atoms with Gasteiger partial charge in [0.1, 0.15) is 5.75 Å². The lowest BCUT2D eigenvalue weighted by atomic mass is 9.79. The van der Waals surface area contributed by atoms with Crippen LogP contribution in [0.15, 0.2) is 41.7 Å². The first-order valence-electron chi connectivity index (χ1n) is 7.16. The summed E-state index contributed by atoms with van der Waals surface area (Å²) in [6.45, 7) is 4.04. The Balaban J connectivity index is 2.01. The molecular weight excluding hydrogens is 311 g/mol. The van der Waals surface area contributed by atoms with E-state index in [1.807, 2.05) is 30.1 Å². The molecular formula is C16H17BN2O3S. The summed E-state index contributed by atoms with van der Waals surface area (Å²) in [7, 11) is 0.146. The monoisotopic (exact) mass is 328 g/mol. The fourth-order valence-electron chi connectivity index (χ4n) is 2.74. The first-order valence-corrected chi connectivity index (χ1v) is 7.93. The molecule has 0 bridgehead atoms. The number of hydrogen-bond acceptors (Lipinski definition) is 5. The minimum absolute atomic E-state index is 0.406. The summed E-state index contributed by atoms with van der Waals surface area (Å²) < 4.78 is 7.36. The van der Waals surface area contributed by atoms with Gasteiger partial charge in [0, 0.05) is 28.1 Å². The van der Waals surface area contributed by atoms with E-state index in [1.54, 1.807) is 25.3 Å². The number of aryl methyl sites for hydroxylation is 2. The van der Waals surface area contributed by atoms with Crippen molar-refractivity contribution in [2.75, 3.05) is 7.11 Å². The van der Waals surface area contributed by atoms with Gasteiger partial charge in [0.2, 0.25) is 0 Å². The number of methoxy groups -OCH3 is 1. The second-order valence-corrected chi connectivity index (χ2v) is 6.41. The average molecular weight is 328 g/mol. The molecule has 5 nitrogen and oxygen atoms in total. The standard InChI is InChI=1S/C16H17BN2O3S/c1-10-6-12(7-11(2)16(10)22-3)23-19-5-4-13-14(17(20)21)8-18-9-15(13)19/h4-9,20-21H,1-3H3. The Hall–Kier alpha value is -1.96. The second-order valence-electron chi connectivity index (χ2n) is 5.36. The van der Waals surface area contributed by atoms with E-state index < -0.39 is 7.12 Å². The summed E-state index contributed by atoms with van der Waals surface area (Å²) in [6.07, 6.45) is 5.10. The van der Waals surface area contributed by atoms with Crippen molar-refractivity contribution in [3.63, 3.8) is 0 Å². The zero-order valence-corrected chi connectivity index (χ0v) is 14.0. The van der Waals surface area contributed by atoms with Gasteiger partial charge in [0.25, 0.3) is 0 Å². The van der Waals surface area contributed by atoms with Crippen LogP contribution in [0.25, 0.3) is 10.9 Å². The summed E-state index contributed by atoms with van der Waals surface area (Å²) in [5, 5.41) is 19.7. The Morgan fingerprint density at radius 3 is 2.48 bits per heavy atom. The van der Waals surface area contributed by atoms with Crippen molar-refractivity contribution in [2.24, 2.45) is 0 Å². The highest BCUT2D eigenvalue weighted by atomic mass is 32.2. The highest BCUT2D eigenvalue weighted by Gasteiger charge is 2.17. The van der Waals surface area contributed by atoms with Crippen molar-refractivity contribution in [1.82, 2.24) is 8.96 Å². The van der Waals surface area contributed by atoms with E-state index in [9.17, 15) is 10.0 Å². The molecule has 0 saturated carbocycles. The zero-order chi connectivity index (χ0) is 16.6. The number of rotatable bonds is 4. The summed E-state index contributed by atoms with van der Waals surface area (Å²) >= 11 is 1.55. The molecule has 0 radical (unpaired) electrons. The van der Waals surface area contributed by atoms with Crippen LogP contribution in [0.4, 0.5) is 0 Å².